The first kappa shape index (κ1) is 12.1. The predicted molar refractivity (Wildman–Crippen MR) is 75.2 cm³/mol. The molecule has 1 aromatic carbocycles. The molecule has 0 unspecified atom stereocenters. The number of benzene rings is 1. The van der Waals surface area contributed by atoms with Crippen LogP contribution in [0, 0.1) is 0 Å². The zero-order chi connectivity index (χ0) is 12.4. The second kappa shape index (κ2) is 4.98. The molecule has 0 atom stereocenters. The molecule has 1 aliphatic carbocycles. The van der Waals surface area contributed by atoms with Crippen LogP contribution in [0.25, 0.3) is 0 Å². The Bertz CT molecular complexity index is 518. The zero-order valence-corrected chi connectivity index (χ0v) is 11.7. The lowest BCUT2D eigenvalue weighted by Crippen LogP contribution is -2.31. The van der Waals surface area contributed by atoms with E-state index in [2.05, 4.69) is 39.7 Å². The van der Waals surface area contributed by atoms with Gasteiger partial charge in [-0.2, -0.15) is 4.37 Å². The van der Waals surface area contributed by atoms with E-state index in [1.54, 1.807) is 0 Å². The van der Waals surface area contributed by atoms with Crippen LogP contribution in [0.4, 0.5) is 0 Å². The van der Waals surface area contributed by atoms with Gasteiger partial charge >= 0.3 is 0 Å². The van der Waals surface area contributed by atoms with Crippen molar-refractivity contribution in [3.05, 3.63) is 46.2 Å². The lowest BCUT2D eigenvalue weighted by Gasteiger charge is -2.35. The molecule has 1 aromatic heterocycles. The van der Waals surface area contributed by atoms with Gasteiger partial charge in [0.1, 0.15) is 0 Å². The van der Waals surface area contributed by atoms with Crippen molar-refractivity contribution in [3.8, 4) is 0 Å². The third-order valence-corrected chi connectivity index (χ3v) is 4.66. The molecule has 0 N–H and O–H groups in total. The van der Waals surface area contributed by atoms with E-state index < -0.39 is 0 Å². The summed E-state index contributed by atoms with van der Waals surface area (Å²) in [5.74, 6) is 0.920. The Kier molecular flexibility index (Phi) is 3.35. The highest BCUT2D eigenvalue weighted by Gasteiger charge is 2.39. The van der Waals surface area contributed by atoms with E-state index in [4.69, 9.17) is 11.6 Å². The van der Waals surface area contributed by atoms with Gasteiger partial charge in [0.25, 0.3) is 0 Å². The van der Waals surface area contributed by atoms with Crippen molar-refractivity contribution in [1.82, 2.24) is 9.36 Å². The number of halogens is 1. The van der Waals surface area contributed by atoms with Crippen LogP contribution in [0.2, 0.25) is 4.47 Å². The van der Waals surface area contributed by atoms with Gasteiger partial charge in [-0.05, 0) is 41.5 Å². The van der Waals surface area contributed by atoms with Crippen molar-refractivity contribution in [3.63, 3.8) is 0 Å². The zero-order valence-electron chi connectivity index (χ0n) is 10.1. The van der Waals surface area contributed by atoms with E-state index in [0.717, 1.165) is 18.7 Å². The summed E-state index contributed by atoms with van der Waals surface area (Å²) in [5, 5.41) is 0. The summed E-state index contributed by atoms with van der Waals surface area (Å²) in [6.07, 6.45) is 6.05. The van der Waals surface area contributed by atoms with Crippen LogP contribution >= 0.6 is 23.1 Å². The molecule has 1 aliphatic rings. The monoisotopic (exact) mass is 278 g/mol. The van der Waals surface area contributed by atoms with Gasteiger partial charge in [-0.25, -0.2) is 4.98 Å². The third kappa shape index (κ3) is 2.06. The Morgan fingerprint density at radius 3 is 2.39 bits per heavy atom. The molecule has 2 aromatic rings. The normalized spacial score (nSPS) is 18.7. The molecule has 1 fully saturated rings. The Hall–Kier alpha value is -0.930. The smallest absolute Gasteiger partial charge is 0.203 e. The lowest BCUT2D eigenvalue weighted by molar-refractivity contribution is 0.333. The molecule has 94 valence electrons. The lowest BCUT2D eigenvalue weighted by atomic mass is 9.69. The van der Waals surface area contributed by atoms with Gasteiger partial charge in [-0.15, -0.1) is 0 Å². The molecular weight excluding hydrogens is 264 g/mol. The molecule has 18 heavy (non-hydrogen) atoms. The van der Waals surface area contributed by atoms with E-state index in [0.29, 0.717) is 4.47 Å². The van der Waals surface area contributed by atoms with Gasteiger partial charge in [-0.3, -0.25) is 0 Å². The number of hydrogen-bond donors (Lipinski definition) is 0. The summed E-state index contributed by atoms with van der Waals surface area (Å²) in [6.45, 7) is 0. The van der Waals surface area contributed by atoms with Gasteiger partial charge in [0, 0.05) is 0 Å². The van der Waals surface area contributed by atoms with E-state index in [-0.39, 0.29) is 5.41 Å². The Balaban J connectivity index is 2.09. The molecule has 0 bridgehead atoms. The minimum atomic E-state index is -0.0108. The summed E-state index contributed by atoms with van der Waals surface area (Å²) in [5.41, 5.74) is 1.32. The molecule has 3 rings (SSSR count). The van der Waals surface area contributed by atoms with E-state index in [1.165, 1.54) is 36.4 Å². The Labute approximate surface area is 116 Å². The van der Waals surface area contributed by atoms with Crippen LogP contribution in [0.3, 0.4) is 0 Å². The van der Waals surface area contributed by atoms with E-state index in [1.807, 2.05) is 0 Å². The van der Waals surface area contributed by atoms with Crippen molar-refractivity contribution >= 4 is 23.1 Å². The number of hydrogen-bond acceptors (Lipinski definition) is 3. The first-order valence-electron chi connectivity index (χ1n) is 6.36. The van der Waals surface area contributed by atoms with Crippen LogP contribution in [-0.2, 0) is 5.41 Å². The fourth-order valence-electron chi connectivity index (χ4n) is 2.95. The Morgan fingerprint density at radius 1 is 1.06 bits per heavy atom. The number of nitrogens with zero attached hydrogens (tertiary/aromatic N) is 2. The van der Waals surface area contributed by atoms with Gasteiger partial charge in [-0.1, -0.05) is 49.6 Å². The topological polar surface area (TPSA) is 25.8 Å². The third-order valence-electron chi connectivity index (χ3n) is 3.86. The van der Waals surface area contributed by atoms with Crippen LogP contribution in [0.5, 0.6) is 0 Å². The van der Waals surface area contributed by atoms with E-state index in [9.17, 15) is 0 Å². The second-order valence-electron chi connectivity index (χ2n) is 4.88. The molecular formula is C14H15ClN2S. The molecule has 4 heteroatoms. The Morgan fingerprint density at radius 2 is 1.78 bits per heavy atom. The highest BCUT2D eigenvalue weighted by Crippen LogP contribution is 2.44. The van der Waals surface area contributed by atoms with Crippen LogP contribution in [-0.4, -0.2) is 9.36 Å². The summed E-state index contributed by atoms with van der Waals surface area (Å²) in [4.78, 5) is 4.46. The van der Waals surface area contributed by atoms with E-state index >= 15 is 0 Å². The first-order valence-corrected chi connectivity index (χ1v) is 7.52. The van der Waals surface area contributed by atoms with Crippen molar-refractivity contribution in [2.45, 2.75) is 37.5 Å². The first-order chi connectivity index (χ1) is 8.81. The highest BCUT2D eigenvalue weighted by atomic mass is 35.5. The largest absolute Gasteiger partial charge is 0.207 e. The van der Waals surface area contributed by atoms with Crippen LogP contribution in [0.15, 0.2) is 30.3 Å². The maximum atomic E-state index is 5.97. The van der Waals surface area contributed by atoms with Crippen LogP contribution in [0.1, 0.15) is 43.5 Å². The summed E-state index contributed by atoms with van der Waals surface area (Å²) >= 11 is 7.27. The standard InChI is InChI=1S/C14H15ClN2S/c15-13-16-12(17-18-13)14(9-5-2-6-10-14)11-7-3-1-4-8-11/h1,3-4,7-8H,2,5-6,9-10H2. The van der Waals surface area contributed by atoms with Gasteiger partial charge in [0.05, 0.1) is 5.41 Å². The quantitative estimate of drug-likeness (QED) is 0.811. The average Bonchev–Trinajstić information content (AvgIpc) is 2.88. The fraction of sp³-hybridized carbons (Fsp3) is 0.429. The molecule has 1 saturated carbocycles. The van der Waals surface area contributed by atoms with Gasteiger partial charge in [0.15, 0.2) is 5.82 Å². The SMILES string of the molecule is Clc1nc(C2(c3ccccc3)CCCCC2)ns1. The molecule has 0 spiro atoms. The summed E-state index contributed by atoms with van der Waals surface area (Å²) < 4.78 is 5.03. The molecule has 0 aliphatic heterocycles. The second-order valence-corrected chi connectivity index (χ2v) is 6.21. The van der Waals surface area contributed by atoms with Crippen LogP contribution < -0.4 is 0 Å². The van der Waals surface area contributed by atoms with Gasteiger partial charge in [0.2, 0.25) is 4.47 Å². The minimum absolute atomic E-state index is 0.0108. The number of aromatic nitrogens is 2. The fourth-order valence-corrected chi connectivity index (χ4v) is 3.64. The molecule has 0 saturated heterocycles. The molecule has 0 radical (unpaired) electrons. The van der Waals surface area contributed by atoms with Crippen molar-refractivity contribution in [2.24, 2.45) is 0 Å². The molecule has 2 nitrogen and oxygen atoms in total. The minimum Gasteiger partial charge on any atom is -0.207 e. The molecule has 1 heterocycles. The van der Waals surface area contributed by atoms with Gasteiger partial charge < -0.3 is 0 Å². The predicted octanol–water partition coefficient (Wildman–Crippen LogP) is 4.44. The summed E-state index contributed by atoms with van der Waals surface area (Å²) in [7, 11) is 0. The summed E-state index contributed by atoms with van der Waals surface area (Å²) in [6, 6.07) is 10.6. The van der Waals surface area contributed by atoms with Crippen molar-refractivity contribution < 1.29 is 0 Å². The number of rotatable bonds is 2. The maximum Gasteiger partial charge on any atom is 0.203 e. The van der Waals surface area contributed by atoms with Crippen molar-refractivity contribution in [2.75, 3.05) is 0 Å². The van der Waals surface area contributed by atoms with Crippen molar-refractivity contribution in [1.29, 1.82) is 0 Å². The maximum absolute atomic E-state index is 5.97. The average molecular weight is 279 g/mol. The molecule has 0 amide bonds. The highest BCUT2D eigenvalue weighted by molar-refractivity contribution is 7.10.